The van der Waals surface area contributed by atoms with Gasteiger partial charge in [0.25, 0.3) is 5.91 Å². The third-order valence-corrected chi connectivity index (χ3v) is 7.60. The van der Waals surface area contributed by atoms with Crippen molar-refractivity contribution in [2.45, 2.75) is 64.6 Å². The van der Waals surface area contributed by atoms with Gasteiger partial charge in [-0.3, -0.25) is 9.48 Å². The second kappa shape index (κ2) is 7.27. The molecule has 1 saturated heterocycles. The summed E-state index contributed by atoms with van der Waals surface area (Å²) in [5.41, 5.74) is 1.22. The van der Waals surface area contributed by atoms with Crippen molar-refractivity contribution in [1.82, 2.24) is 24.6 Å². The van der Waals surface area contributed by atoms with Crippen molar-refractivity contribution < 1.29 is 13.2 Å². The number of nitrogens with zero attached hydrogens (tertiary/aromatic N) is 4. The lowest BCUT2D eigenvalue weighted by atomic mass is 9.86. The molecule has 0 unspecified atom stereocenters. The maximum absolute atomic E-state index is 13.1. The van der Waals surface area contributed by atoms with Gasteiger partial charge in [0.05, 0.1) is 29.9 Å². The van der Waals surface area contributed by atoms with Gasteiger partial charge in [-0.05, 0) is 30.7 Å². The lowest BCUT2D eigenvalue weighted by Crippen LogP contribution is -2.46. The summed E-state index contributed by atoms with van der Waals surface area (Å²) in [6, 6.07) is 1.58. The first-order valence-corrected chi connectivity index (χ1v) is 12.0. The summed E-state index contributed by atoms with van der Waals surface area (Å²) in [6.07, 6.45) is 8.04. The van der Waals surface area contributed by atoms with Crippen LogP contribution in [0.1, 0.15) is 68.2 Å². The molecule has 0 radical (unpaired) electrons. The first-order valence-electron chi connectivity index (χ1n) is 10.2. The molecule has 2 aromatic rings. The molecule has 1 saturated carbocycles. The largest absolute Gasteiger partial charge is 0.346 e. The number of carbonyl (C=O) groups excluding carboxylic acids is 1. The summed E-state index contributed by atoms with van der Waals surface area (Å²) < 4.78 is 27.6. The van der Waals surface area contributed by atoms with Crippen LogP contribution in [0.2, 0.25) is 0 Å². The molecule has 3 heterocycles. The van der Waals surface area contributed by atoms with E-state index in [1.807, 2.05) is 21.5 Å². The highest BCUT2D eigenvalue weighted by molar-refractivity contribution is 7.91. The number of sulfone groups is 1. The van der Waals surface area contributed by atoms with E-state index in [0.29, 0.717) is 24.6 Å². The Labute approximate surface area is 171 Å². The van der Waals surface area contributed by atoms with Gasteiger partial charge in [-0.25, -0.2) is 13.4 Å². The van der Waals surface area contributed by atoms with E-state index >= 15 is 0 Å². The quantitative estimate of drug-likeness (QED) is 0.774. The second-order valence-electron chi connectivity index (χ2n) is 9.38. The lowest BCUT2D eigenvalue weighted by molar-refractivity contribution is 0.0886. The normalized spacial score (nSPS) is 22.5. The van der Waals surface area contributed by atoms with Gasteiger partial charge in [-0.15, -0.1) is 0 Å². The molecule has 2 aliphatic rings. The SMILES string of the molecule is CC(C)(C)[C@H](Cn1ccnc1)NC(=O)c1cc(C2CC2)n([C@@H]2CCS(=O)(=O)C2)n1. The van der Waals surface area contributed by atoms with Crippen LogP contribution in [0, 0.1) is 5.41 Å². The number of amides is 1. The summed E-state index contributed by atoms with van der Waals surface area (Å²) in [7, 11) is -3.01. The molecule has 1 aliphatic carbocycles. The van der Waals surface area contributed by atoms with E-state index in [2.05, 4.69) is 36.2 Å². The number of rotatable bonds is 6. The smallest absolute Gasteiger partial charge is 0.272 e. The standard InChI is InChI=1S/C20H29N5O3S/c1-20(2,3)18(11-24-8-7-21-13-24)22-19(26)16-10-17(14-4-5-14)25(23-16)15-6-9-29(27,28)12-15/h7-8,10,13-15,18H,4-6,9,11-12H2,1-3H3,(H,22,26)/t15-,18+/m1/s1. The summed E-state index contributed by atoms with van der Waals surface area (Å²) >= 11 is 0. The molecule has 0 spiro atoms. The lowest BCUT2D eigenvalue weighted by Gasteiger charge is -2.31. The van der Waals surface area contributed by atoms with Crippen LogP contribution in [0.4, 0.5) is 0 Å². The Morgan fingerprint density at radius 2 is 2.07 bits per heavy atom. The summed E-state index contributed by atoms with van der Waals surface area (Å²) in [5, 5.41) is 7.71. The summed E-state index contributed by atoms with van der Waals surface area (Å²) in [4.78, 5) is 17.1. The number of nitrogens with one attached hydrogen (secondary N) is 1. The molecule has 9 heteroatoms. The van der Waals surface area contributed by atoms with Crippen molar-refractivity contribution in [3.63, 3.8) is 0 Å². The Bertz CT molecular complexity index is 984. The monoisotopic (exact) mass is 419 g/mol. The molecule has 158 valence electrons. The average Bonchev–Trinajstić information content (AvgIpc) is 3.04. The fourth-order valence-electron chi connectivity index (χ4n) is 3.84. The fraction of sp³-hybridized carbons (Fsp3) is 0.650. The minimum atomic E-state index is -3.01. The van der Waals surface area contributed by atoms with Crippen molar-refractivity contribution in [3.05, 3.63) is 36.2 Å². The molecule has 4 rings (SSSR count). The Hall–Kier alpha value is -2.16. The molecule has 2 fully saturated rings. The van der Waals surface area contributed by atoms with Gasteiger partial charge >= 0.3 is 0 Å². The first-order chi connectivity index (χ1) is 13.6. The molecule has 0 aromatic carbocycles. The minimum Gasteiger partial charge on any atom is -0.346 e. The van der Waals surface area contributed by atoms with E-state index < -0.39 is 9.84 Å². The number of carbonyl (C=O) groups is 1. The number of hydrogen-bond donors (Lipinski definition) is 1. The molecule has 8 nitrogen and oxygen atoms in total. The number of aromatic nitrogens is 4. The highest BCUT2D eigenvalue weighted by Crippen LogP contribution is 2.42. The first kappa shape index (κ1) is 20.1. The Morgan fingerprint density at radius 1 is 1.31 bits per heavy atom. The maximum Gasteiger partial charge on any atom is 0.272 e. The average molecular weight is 420 g/mol. The van der Waals surface area contributed by atoms with Crippen LogP contribution in [0.3, 0.4) is 0 Å². The Morgan fingerprint density at radius 3 is 2.62 bits per heavy atom. The van der Waals surface area contributed by atoms with Gasteiger partial charge in [0.2, 0.25) is 0 Å². The molecule has 2 atom stereocenters. The third kappa shape index (κ3) is 4.55. The zero-order valence-corrected chi connectivity index (χ0v) is 18.0. The van der Waals surface area contributed by atoms with E-state index in [4.69, 9.17) is 0 Å². The molecular formula is C20H29N5O3S. The summed E-state index contributed by atoms with van der Waals surface area (Å²) in [6.45, 7) is 6.89. The highest BCUT2D eigenvalue weighted by atomic mass is 32.2. The predicted octanol–water partition coefficient (Wildman–Crippen LogP) is 2.16. The van der Waals surface area contributed by atoms with Crippen LogP contribution in [0.15, 0.2) is 24.8 Å². The minimum absolute atomic E-state index is 0.106. The topological polar surface area (TPSA) is 98.9 Å². The van der Waals surface area contributed by atoms with Crippen molar-refractivity contribution in [2.24, 2.45) is 5.41 Å². The Kier molecular flexibility index (Phi) is 5.04. The second-order valence-corrected chi connectivity index (χ2v) is 11.6. The van der Waals surface area contributed by atoms with E-state index in [9.17, 15) is 13.2 Å². The summed E-state index contributed by atoms with van der Waals surface area (Å²) in [5.74, 6) is 0.476. The molecule has 1 amide bonds. The molecular weight excluding hydrogens is 390 g/mol. The molecule has 1 N–H and O–H groups in total. The van der Waals surface area contributed by atoms with Gasteiger partial charge in [0.1, 0.15) is 5.69 Å². The van der Waals surface area contributed by atoms with Crippen LogP contribution >= 0.6 is 0 Å². The number of imidazole rings is 1. The van der Waals surface area contributed by atoms with Gasteiger partial charge in [0.15, 0.2) is 9.84 Å². The van der Waals surface area contributed by atoms with Crippen molar-refractivity contribution >= 4 is 15.7 Å². The fourth-order valence-corrected chi connectivity index (χ4v) is 5.53. The number of hydrogen-bond acceptors (Lipinski definition) is 5. The van der Waals surface area contributed by atoms with Gasteiger partial charge < -0.3 is 9.88 Å². The highest BCUT2D eigenvalue weighted by Gasteiger charge is 2.36. The Balaban J connectivity index is 1.55. The maximum atomic E-state index is 13.1. The van der Waals surface area contributed by atoms with Crippen molar-refractivity contribution in [3.8, 4) is 0 Å². The molecule has 29 heavy (non-hydrogen) atoms. The van der Waals surface area contributed by atoms with E-state index in [1.165, 1.54) is 0 Å². The van der Waals surface area contributed by atoms with Gasteiger partial charge in [-0.2, -0.15) is 5.10 Å². The zero-order chi connectivity index (χ0) is 20.8. The van der Waals surface area contributed by atoms with Crippen molar-refractivity contribution in [1.29, 1.82) is 0 Å². The van der Waals surface area contributed by atoms with Crippen LogP contribution < -0.4 is 5.32 Å². The van der Waals surface area contributed by atoms with E-state index in [-0.39, 0.29) is 34.9 Å². The van der Waals surface area contributed by atoms with Crippen LogP contribution in [0.5, 0.6) is 0 Å². The molecule has 0 bridgehead atoms. The predicted molar refractivity (Wildman–Crippen MR) is 109 cm³/mol. The van der Waals surface area contributed by atoms with Gasteiger partial charge in [-0.1, -0.05) is 20.8 Å². The van der Waals surface area contributed by atoms with E-state index in [0.717, 1.165) is 18.5 Å². The van der Waals surface area contributed by atoms with Crippen LogP contribution in [0.25, 0.3) is 0 Å². The van der Waals surface area contributed by atoms with E-state index in [1.54, 1.807) is 12.5 Å². The molecule has 1 aliphatic heterocycles. The third-order valence-electron chi connectivity index (χ3n) is 5.85. The van der Waals surface area contributed by atoms with Crippen molar-refractivity contribution in [2.75, 3.05) is 11.5 Å². The van der Waals surface area contributed by atoms with Crippen LogP contribution in [-0.4, -0.2) is 51.2 Å². The van der Waals surface area contributed by atoms with Gasteiger partial charge in [0, 0.05) is 30.6 Å². The van der Waals surface area contributed by atoms with Crippen LogP contribution in [-0.2, 0) is 16.4 Å². The zero-order valence-electron chi connectivity index (χ0n) is 17.2. The molecule has 2 aromatic heterocycles.